The topological polar surface area (TPSA) is 68.2 Å². The number of carbonyl (C=O) groups is 1. The molecule has 1 aromatic carbocycles. The van der Waals surface area contributed by atoms with Crippen LogP contribution in [0.15, 0.2) is 43.0 Å². The molecular weight excluding hydrogens is 292 g/mol. The van der Waals surface area contributed by atoms with Crippen LogP contribution in [0, 0.1) is 12.3 Å². The highest BCUT2D eigenvalue weighted by molar-refractivity contribution is 5.73. The van der Waals surface area contributed by atoms with E-state index in [4.69, 9.17) is 11.2 Å². The average Bonchev–Trinajstić information content (AvgIpc) is 3.07. The highest BCUT2D eigenvalue weighted by atomic mass is 16.5. The Bertz CT molecular complexity index is 630. The average molecular weight is 312 g/mol. The molecule has 120 valence electrons. The van der Waals surface area contributed by atoms with Gasteiger partial charge < -0.3 is 19.9 Å². The van der Waals surface area contributed by atoms with E-state index in [1.54, 1.807) is 12.5 Å². The Labute approximate surface area is 135 Å². The summed E-state index contributed by atoms with van der Waals surface area (Å²) < 4.78 is 7.21. The number of amides is 2. The Hall–Kier alpha value is -2.94. The number of rotatable bonds is 8. The SMILES string of the molecule is C#CCOc1ccc(CCNC(=O)NCCn2ccnc2)cc1. The van der Waals surface area contributed by atoms with Crippen molar-refractivity contribution in [3.63, 3.8) is 0 Å². The van der Waals surface area contributed by atoms with Gasteiger partial charge in [-0.15, -0.1) is 6.42 Å². The van der Waals surface area contributed by atoms with Gasteiger partial charge in [-0.2, -0.15) is 0 Å². The van der Waals surface area contributed by atoms with Crippen LogP contribution in [0.4, 0.5) is 4.79 Å². The number of benzene rings is 1. The van der Waals surface area contributed by atoms with Crippen molar-refractivity contribution in [2.24, 2.45) is 0 Å². The zero-order valence-corrected chi connectivity index (χ0v) is 12.9. The number of terminal acetylenes is 1. The number of imidazole rings is 1. The summed E-state index contributed by atoms with van der Waals surface area (Å²) in [6, 6.07) is 7.50. The maximum atomic E-state index is 11.6. The normalized spacial score (nSPS) is 9.87. The minimum Gasteiger partial charge on any atom is -0.481 e. The van der Waals surface area contributed by atoms with Crippen LogP contribution in [-0.2, 0) is 13.0 Å². The van der Waals surface area contributed by atoms with Crippen LogP contribution in [0.2, 0.25) is 0 Å². The number of ether oxygens (including phenoxy) is 1. The predicted octanol–water partition coefficient (Wildman–Crippen LogP) is 1.44. The second-order valence-electron chi connectivity index (χ2n) is 4.87. The van der Waals surface area contributed by atoms with Gasteiger partial charge in [0.2, 0.25) is 0 Å². The van der Waals surface area contributed by atoms with E-state index >= 15 is 0 Å². The van der Waals surface area contributed by atoms with Crippen LogP contribution in [0.3, 0.4) is 0 Å². The van der Waals surface area contributed by atoms with Crippen LogP contribution in [-0.4, -0.2) is 35.3 Å². The van der Waals surface area contributed by atoms with E-state index in [9.17, 15) is 4.79 Å². The van der Waals surface area contributed by atoms with Crippen molar-refractivity contribution < 1.29 is 9.53 Å². The van der Waals surface area contributed by atoms with Gasteiger partial charge in [-0.1, -0.05) is 18.1 Å². The van der Waals surface area contributed by atoms with Gasteiger partial charge in [0.1, 0.15) is 12.4 Å². The Morgan fingerprint density at radius 1 is 1.26 bits per heavy atom. The highest BCUT2D eigenvalue weighted by Crippen LogP contribution is 2.12. The van der Waals surface area contributed by atoms with Crippen molar-refractivity contribution in [3.05, 3.63) is 48.5 Å². The first-order valence-corrected chi connectivity index (χ1v) is 7.40. The fourth-order valence-electron chi connectivity index (χ4n) is 1.98. The first kappa shape index (κ1) is 16.4. The van der Waals surface area contributed by atoms with Crippen molar-refractivity contribution in [2.75, 3.05) is 19.7 Å². The number of urea groups is 1. The fraction of sp³-hybridized carbons (Fsp3) is 0.294. The van der Waals surface area contributed by atoms with E-state index < -0.39 is 0 Å². The predicted molar refractivity (Wildman–Crippen MR) is 88.1 cm³/mol. The van der Waals surface area contributed by atoms with Gasteiger partial charge in [0.15, 0.2) is 0 Å². The number of nitrogens with one attached hydrogen (secondary N) is 2. The summed E-state index contributed by atoms with van der Waals surface area (Å²) in [6.45, 7) is 2.09. The van der Waals surface area contributed by atoms with Gasteiger partial charge in [0.05, 0.1) is 6.33 Å². The third-order valence-corrected chi connectivity index (χ3v) is 3.16. The lowest BCUT2D eigenvalue weighted by atomic mass is 10.1. The maximum Gasteiger partial charge on any atom is 0.314 e. The molecule has 1 heterocycles. The molecule has 2 amide bonds. The van der Waals surface area contributed by atoms with Crippen LogP contribution in [0.1, 0.15) is 5.56 Å². The molecule has 0 atom stereocenters. The lowest BCUT2D eigenvalue weighted by Crippen LogP contribution is -2.38. The fourth-order valence-corrected chi connectivity index (χ4v) is 1.98. The highest BCUT2D eigenvalue weighted by Gasteiger charge is 2.00. The van der Waals surface area contributed by atoms with Crippen LogP contribution in [0.25, 0.3) is 0 Å². The summed E-state index contributed by atoms with van der Waals surface area (Å²) in [5.74, 6) is 3.17. The molecule has 2 aromatic rings. The molecule has 0 saturated heterocycles. The number of nitrogens with zero attached hydrogens (tertiary/aromatic N) is 2. The first-order chi connectivity index (χ1) is 11.3. The molecule has 0 saturated carbocycles. The van der Waals surface area contributed by atoms with E-state index in [2.05, 4.69) is 21.5 Å². The molecule has 0 spiro atoms. The summed E-state index contributed by atoms with van der Waals surface area (Å²) >= 11 is 0. The third-order valence-electron chi connectivity index (χ3n) is 3.16. The van der Waals surface area contributed by atoms with Gasteiger partial charge in [0, 0.05) is 32.0 Å². The second-order valence-corrected chi connectivity index (χ2v) is 4.87. The number of carbonyl (C=O) groups excluding carboxylic acids is 1. The number of hydrogen-bond donors (Lipinski definition) is 2. The number of aromatic nitrogens is 2. The zero-order valence-electron chi connectivity index (χ0n) is 12.9. The Kier molecular flexibility index (Phi) is 6.54. The summed E-state index contributed by atoms with van der Waals surface area (Å²) in [7, 11) is 0. The Morgan fingerprint density at radius 2 is 2.04 bits per heavy atom. The molecule has 2 rings (SSSR count). The van der Waals surface area contributed by atoms with E-state index in [0.717, 1.165) is 17.7 Å². The van der Waals surface area contributed by atoms with Gasteiger partial charge >= 0.3 is 6.03 Å². The summed E-state index contributed by atoms with van der Waals surface area (Å²) in [5, 5.41) is 5.63. The minimum absolute atomic E-state index is 0.168. The largest absolute Gasteiger partial charge is 0.481 e. The van der Waals surface area contributed by atoms with E-state index in [1.807, 2.05) is 35.0 Å². The molecule has 0 aliphatic heterocycles. The molecule has 0 unspecified atom stereocenters. The molecule has 0 aliphatic rings. The van der Waals surface area contributed by atoms with Gasteiger partial charge in [-0.3, -0.25) is 0 Å². The zero-order chi connectivity index (χ0) is 16.3. The minimum atomic E-state index is -0.168. The van der Waals surface area contributed by atoms with E-state index in [1.165, 1.54) is 0 Å². The molecule has 0 aliphatic carbocycles. The smallest absolute Gasteiger partial charge is 0.314 e. The Morgan fingerprint density at radius 3 is 2.74 bits per heavy atom. The standard InChI is InChI=1S/C17H20N4O2/c1-2-13-23-16-5-3-15(4-6-16)7-8-19-17(22)20-10-12-21-11-9-18-14-21/h1,3-6,9,11,14H,7-8,10,12-13H2,(H2,19,20,22). The van der Waals surface area contributed by atoms with Crippen molar-refractivity contribution in [2.45, 2.75) is 13.0 Å². The number of hydrogen-bond acceptors (Lipinski definition) is 3. The van der Waals surface area contributed by atoms with Crippen LogP contribution >= 0.6 is 0 Å². The van der Waals surface area contributed by atoms with Crippen molar-refractivity contribution >= 4 is 6.03 Å². The molecule has 0 bridgehead atoms. The van der Waals surface area contributed by atoms with Crippen LogP contribution < -0.4 is 15.4 Å². The molecule has 6 heteroatoms. The van der Waals surface area contributed by atoms with E-state index in [0.29, 0.717) is 19.6 Å². The molecular formula is C17H20N4O2. The first-order valence-electron chi connectivity index (χ1n) is 7.40. The van der Waals surface area contributed by atoms with Crippen molar-refractivity contribution in [1.82, 2.24) is 20.2 Å². The van der Waals surface area contributed by atoms with Gasteiger partial charge in [-0.25, -0.2) is 9.78 Å². The lowest BCUT2D eigenvalue weighted by molar-refractivity contribution is 0.240. The summed E-state index contributed by atoms with van der Waals surface area (Å²) in [4.78, 5) is 15.6. The maximum absolute atomic E-state index is 11.6. The van der Waals surface area contributed by atoms with Crippen molar-refractivity contribution in [1.29, 1.82) is 0 Å². The van der Waals surface area contributed by atoms with Crippen molar-refractivity contribution in [3.8, 4) is 18.1 Å². The molecule has 23 heavy (non-hydrogen) atoms. The molecule has 1 aromatic heterocycles. The summed E-state index contributed by atoms with van der Waals surface area (Å²) in [6.07, 6.45) is 11.2. The lowest BCUT2D eigenvalue weighted by Gasteiger charge is -2.08. The third kappa shape index (κ3) is 6.14. The van der Waals surface area contributed by atoms with Gasteiger partial charge in [-0.05, 0) is 24.1 Å². The van der Waals surface area contributed by atoms with E-state index in [-0.39, 0.29) is 12.6 Å². The second kappa shape index (κ2) is 9.15. The monoisotopic (exact) mass is 312 g/mol. The summed E-state index contributed by atoms with van der Waals surface area (Å²) in [5.41, 5.74) is 1.12. The quantitative estimate of drug-likeness (QED) is 0.725. The van der Waals surface area contributed by atoms with Gasteiger partial charge in [0.25, 0.3) is 0 Å². The van der Waals surface area contributed by atoms with Crippen LogP contribution in [0.5, 0.6) is 5.75 Å². The Balaban J connectivity index is 1.60. The molecule has 0 radical (unpaired) electrons. The molecule has 6 nitrogen and oxygen atoms in total. The molecule has 0 fully saturated rings. The molecule has 2 N–H and O–H groups in total.